The van der Waals surface area contributed by atoms with Gasteiger partial charge in [0, 0.05) is 48.3 Å². The molecule has 0 aliphatic heterocycles. The molecule has 0 saturated heterocycles. The van der Waals surface area contributed by atoms with Gasteiger partial charge in [0.15, 0.2) is 0 Å². The average Bonchev–Trinajstić information content (AvgIpc) is 3.66. The van der Waals surface area contributed by atoms with E-state index in [1.807, 2.05) is 159 Å². The van der Waals surface area contributed by atoms with Crippen LogP contribution in [0.15, 0.2) is 262 Å². The number of fused-ring (bicyclic) bond motifs is 1. The highest BCUT2D eigenvalue weighted by atomic mass is 15.1. The summed E-state index contributed by atoms with van der Waals surface area (Å²) in [5.74, 6) is 0. The first kappa shape index (κ1) is 59.6. The van der Waals surface area contributed by atoms with Crippen molar-refractivity contribution in [1.82, 2.24) is 0 Å². The summed E-state index contributed by atoms with van der Waals surface area (Å²) in [7, 11) is 0. The maximum Gasteiger partial charge on any atom is 0.0936 e. The van der Waals surface area contributed by atoms with Crippen LogP contribution in [0, 0.1) is 6.92 Å². The Hall–Kier alpha value is -9.56. The third-order valence-corrected chi connectivity index (χ3v) is 13.9. The van der Waals surface area contributed by atoms with E-state index in [9.17, 15) is 0 Å². The van der Waals surface area contributed by atoms with Crippen LogP contribution in [0.2, 0.25) is 0 Å². The first-order valence-electron chi connectivity index (χ1n) is 28.9. The lowest BCUT2D eigenvalue weighted by Crippen LogP contribution is -2.21. The van der Waals surface area contributed by atoms with Crippen LogP contribution >= 0.6 is 0 Å². The topological polar surface area (TPSA) is 155 Å². The molecule has 9 aromatic carbocycles. The second kappa shape index (κ2) is 31.4. The number of hydrogen-bond acceptors (Lipinski definition) is 14. The van der Waals surface area contributed by atoms with Crippen LogP contribution < -0.4 is 9.80 Å². The minimum atomic E-state index is 0.736. The van der Waals surface area contributed by atoms with Gasteiger partial charge in [-0.2, -0.15) is 51.1 Å². The molecule has 9 rings (SSSR count). The van der Waals surface area contributed by atoms with Gasteiger partial charge in [0.05, 0.1) is 68.2 Å². The van der Waals surface area contributed by atoms with E-state index in [0.717, 1.165) is 124 Å². The number of anilines is 2. The van der Waals surface area contributed by atoms with Gasteiger partial charge in [-0.25, -0.2) is 0 Å². The number of benzene rings is 9. The lowest BCUT2D eigenvalue weighted by molar-refractivity contribution is 0.795. The van der Waals surface area contributed by atoms with Crippen LogP contribution in [0.25, 0.3) is 10.8 Å². The Bertz CT molecular complexity index is 3620. The van der Waals surface area contributed by atoms with Gasteiger partial charge in [0.2, 0.25) is 0 Å². The summed E-state index contributed by atoms with van der Waals surface area (Å²) in [6.45, 7) is 18.9. The standard InChI is InChI=1S/C36H37N7.C33H37N7/c1-4-7-10-27-13-15-28(16-14-27)37-38-29-17-19-30(20-18-29)39-41-35-25-26-36(34-12-9-8-11-33(34)35)42-40-31-21-23-32(24-22-31)43(5-2)6-3;1-5-8-9-26-10-12-27(13-11-26)34-35-28-14-16-29(17-15-28)37-39-33-23-20-31(24-25(33)4)38-36-30-18-21-32(22-19-30)40(6-2)7-3/h8-9,11-26H,4-7,10H2,1-3H3;10-24H,5-9H2,1-4H3. The van der Waals surface area contributed by atoms with Crippen molar-refractivity contribution in [3.8, 4) is 0 Å². The largest absolute Gasteiger partial charge is 0.372 e. The van der Waals surface area contributed by atoms with Gasteiger partial charge in [-0.1, -0.05) is 75.2 Å². The van der Waals surface area contributed by atoms with Gasteiger partial charge in [0.25, 0.3) is 0 Å². The quantitative estimate of drug-likeness (QED) is 0.0553. The minimum Gasteiger partial charge on any atom is -0.372 e. The second-order valence-electron chi connectivity index (χ2n) is 19.8. The molecule has 420 valence electrons. The van der Waals surface area contributed by atoms with E-state index in [-0.39, 0.29) is 0 Å². The van der Waals surface area contributed by atoms with E-state index in [1.165, 1.54) is 48.2 Å². The number of hydrogen-bond donors (Lipinski definition) is 0. The van der Waals surface area contributed by atoms with Crippen LogP contribution in [-0.2, 0) is 12.8 Å². The van der Waals surface area contributed by atoms with E-state index in [2.05, 4.69) is 161 Å². The fourth-order valence-corrected chi connectivity index (χ4v) is 8.97. The molecule has 0 aliphatic carbocycles. The van der Waals surface area contributed by atoms with Crippen molar-refractivity contribution in [3.63, 3.8) is 0 Å². The Balaban J connectivity index is 0.000000217. The normalized spacial score (nSPS) is 11.7. The van der Waals surface area contributed by atoms with Crippen molar-refractivity contribution in [2.75, 3.05) is 36.0 Å². The third kappa shape index (κ3) is 18.0. The molecule has 83 heavy (non-hydrogen) atoms. The molecule has 0 fully saturated rings. The number of azo groups is 6. The monoisotopic (exact) mass is 1100 g/mol. The summed E-state index contributed by atoms with van der Waals surface area (Å²) in [6, 6.07) is 65.7. The van der Waals surface area contributed by atoms with Gasteiger partial charge in [-0.05, 0) is 229 Å². The molecule has 0 spiro atoms. The summed E-state index contributed by atoms with van der Waals surface area (Å²) >= 11 is 0. The van der Waals surface area contributed by atoms with Crippen molar-refractivity contribution in [1.29, 1.82) is 0 Å². The number of rotatable bonds is 24. The Morgan fingerprint density at radius 2 is 0.542 bits per heavy atom. The summed E-state index contributed by atoms with van der Waals surface area (Å²) in [5.41, 5.74) is 15.5. The van der Waals surface area contributed by atoms with Gasteiger partial charge in [0.1, 0.15) is 0 Å². The molecule has 0 atom stereocenters. The van der Waals surface area contributed by atoms with Crippen molar-refractivity contribution < 1.29 is 0 Å². The zero-order chi connectivity index (χ0) is 58.0. The van der Waals surface area contributed by atoms with Crippen molar-refractivity contribution in [2.24, 2.45) is 61.4 Å². The smallest absolute Gasteiger partial charge is 0.0936 e. The molecule has 0 radical (unpaired) electrons. The van der Waals surface area contributed by atoms with E-state index >= 15 is 0 Å². The highest BCUT2D eigenvalue weighted by Gasteiger charge is 2.08. The second-order valence-corrected chi connectivity index (χ2v) is 19.8. The first-order valence-corrected chi connectivity index (χ1v) is 28.9. The summed E-state index contributed by atoms with van der Waals surface area (Å²) in [5, 5.41) is 55.0. The van der Waals surface area contributed by atoms with Crippen LogP contribution in [0.4, 0.5) is 79.6 Å². The molecule has 14 nitrogen and oxygen atoms in total. The van der Waals surface area contributed by atoms with Gasteiger partial charge in [-0.3, -0.25) is 0 Å². The third-order valence-electron chi connectivity index (χ3n) is 13.9. The molecule has 0 amide bonds. The van der Waals surface area contributed by atoms with E-state index in [1.54, 1.807) is 0 Å². The lowest BCUT2D eigenvalue weighted by Gasteiger charge is -2.20. The van der Waals surface area contributed by atoms with Crippen molar-refractivity contribution in [3.05, 3.63) is 217 Å². The molecular weight excluding hydrogens is 1020 g/mol. The zero-order valence-corrected chi connectivity index (χ0v) is 48.9. The highest BCUT2D eigenvalue weighted by molar-refractivity contribution is 5.99. The van der Waals surface area contributed by atoms with Crippen molar-refractivity contribution >= 4 is 90.4 Å². The number of unbranched alkanes of at least 4 members (excludes halogenated alkanes) is 2. The summed E-state index contributed by atoms with van der Waals surface area (Å²) < 4.78 is 0. The molecule has 14 heteroatoms. The highest BCUT2D eigenvalue weighted by Crippen LogP contribution is 2.36. The van der Waals surface area contributed by atoms with Gasteiger partial charge < -0.3 is 9.80 Å². The molecule has 0 aromatic heterocycles. The molecule has 0 bridgehead atoms. The molecule has 9 aromatic rings. The summed E-state index contributed by atoms with van der Waals surface area (Å²) in [6.07, 6.45) is 7.00. The van der Waals surface area contributed by atoms with Crippen LogP contribution in [-0.4, -0.2) is 26.2 Å². The van der Waals surface area contributed by atoms with Crippen LogP contribution in [0.1, 0.15) is 83.9 Å². The summed E-state index contributed by atoms with van der Waals surface area (Å²) in [4.78, 5) is 4.60. The maximum atomic E-state index is 4.56. The zero-order valence-electron chi connectivity index (χ0n) is 48.9. The predicted octanol–water partition coefficient (Wildman–Crippen LogP) is 23.7. The van der Waals surface area contributed by atoms with Crippen molar-refractivity contribution in [2.45, 2.75) is 87.0 Å². The van der Waals surface area contributed by atoms with Gasteiger partial charge in [-0.15, -0.1) is 10.2 Å². The maximum absolute atomic E-state index is 4.56. The van der Waals surface area contributed by atoms with Gasteiger partial charge >= 0.3 is 0 Å². The fourth-order valence-electron chi connectivity index (χ4n) is 8.97. The average molecular weight is 1100 g/mol. The molecule has 0 N–H and O–H groups in total. The van der Waals surface area contributed by atoms with E-state index in [4.69, 9.17) is 0 Å². The Morgan fingerprint density at radius 1 is 0.277 bits per heavy atom. The molecule has 0 aliphatic rings. The molecular formula is C69H74N14. The minimum absolute atomic E-state index is 0.736. The Morgan fingerprint density at radius 3 is 0.855 bits per heavy atom. The van der Waals surface area contributed by atoms with E-state index < -0.39 is 0 Å². The molecule has 0 heterocycles. The fraction of sp³-hybridized carbons (Fsp3) is 0.246. The van der Waals surface area contributed by atoms with Crippen LogP contribution in [0.5, 0.6) is 0 Å². The molecule has 0 saturated carbocycles. The van der Waals surface area contributed by atoms with E-state index in [0.29, 0.717) is 0 Å². The lowest BCUT2D eigenvalue weighted by atomic mass is 10.1. The SMILES string of the molecule is CCCCc1ccc(N=Nc2ccc(N=Nc3ccc(N=Nc4ccc(N(CC)CC)cc4)c4ccccc34)cc2)cc1.CCCCc1ccc(N=Nc2ccc(N=Nc3ccc(N=Nc4ccc(N(CC)CC)cc4)cc3C)cc2)cc1. The van der Waals surface area contributed by atoms with Crippen LogP contribution in [0.3, 0.4) is 0 Å². The number of nitrogens with zero attached hydrogens (tertiary/aromatic N) is 14. The first-order chi connectivity index (χ1) is 40.7. The predicted molar refractivity (Wildman–Crippen MR) is 343 cm³/mol. The number of aryl methyl sites for hydroxylation is 3. The molecule has 0 unspecified atom stereocenters. The Labute approximate surface area is 489 Å². The Kier molecular flexibility index (Phi) is 22.6.